The van der Waals surface area contributed by atoms with Gasteiger partial charge in [-0.15, -0.1) is 0 Å². The average Bonchev–Trinajstić information content (AvgIpc) is 2.46. The van der Waals surface area contributed by atoms with Crippen LogP contribution in [-0.2, 0) is 0 Å². The van der Waals surface area contributed by atoms with E-state index in [2.05, 4.69) is 56.1 Å². The Balaban J connectivity index is 2.39. The second-order valence-corrected chi connectivity index (χ2v) is 5.16. The van der Waals surface area contributed by atoms with Gasteiger partial charge < -0.3 is 15.0 Å². The van der Waals surface area contributed by atoms with Crippen molar-refractivity contribution >= 4 is 5.69 Å². The van der Waals surface area contributed by atoms with Crippen LogP contribution in [0.4, 0.5) is 5.69 Å². The Kier molecular flexibility index (Phi) is 8.12. The quantitative estimate of drug-likeness (QED) is 0.661. The van der Waals surface area contributed by atoms with Gasteiger partial charge in [-0.05, 0) is 39.3 Å². The largest absolute Gasteiger partial charge is 0.492 e. The average molecular weight is 278 g/mol. The monoisotopic (exact) mass is 278 g/mol. The maximum Gasteiger partial charge on any atom is 0.121 e. The van der Waals surface area contributed by atoms with Crippen LogP contribution in [0, 0.1) is 0 Å². The van der Waals surface area contributed by atoms with Crippen LogP contribution < -0.4 is 15.0 Å². The standard InChI is InChI=1S/C17H30N2O/c1-5-9-15(4)18-12-13-20-17-11-8-10-16(14-17)19(6-2)7-3/h8,10-11,14-15,18H,5-7,9,12-13H2,1-4H3. The van der Waals surface area contributed by atoms with E-state index in [-0.39, 0.29) is 0 Å². The minimum atomic E-state index is 0.575. The van der Waals surface area contributed by atoms with Crippen molar-refractivity contribution in [3.8, 4) is 5.75 Å². The number of hydrogen-bond acceptors (Lipinski definition) is 3. The first kappa shape index (κ1) is 16.8. The Morgan fingerprint density at radius 2 is 1.95 bits per heavy atom. The molecule has 0 fully saturated rings. The highest BCUT2D eigenvalue weighted by Crippen LogP contribution is 2.20. The Hall–Kier alpha value is -1.22. The predicted octanol–water partition coefficient (Wildman–Crippen LogP) is 3.69. The second-order valence-electron chi connectivity index (χ2n) is 5.16. The molecule has 1 aromatic carbocycles. The van der Waals surface area contributed by atoms with E-state index < -0.39 is 0 Å². The number of ether oxygens (including phenoxy) is 1. The number of rotatable bonds is 10. The van der Waals surface area contributed by atoms with Crippen molar-refractivity contribution in [2.45, 2.75) is 46.6 Å². The fraction of sp³-hybridized carbons (Fsp3) is 0.647. The fourth-order valence-corrected chi connectivity index (χ4v) is 2.37. The molecule has 3 heteroatoms. The van der Waals surface area contributed by atoms with Crippen molar-refractivity contribution in [1.29, 1.82) is 0 Å². The van der Waals surface area contributed by atoms with Crippen LogP contribution in [0.5, 0.6) is 5.75 Å². The van der Waals surface area contributed by atoms with Crippen LogP contribution in [0.3, 0.4) is 0 Å². The summed E-state index contributed by atoms with van der Waals surface area (Å²) in [5, 5.41) is 3.48. The molecular weight excluding hydrogens is 248 g/mol. The lowest BCUT2D eigenvalue weighted by atomic mass is 10.2. The molecule has 0 bridgehead atoms. The SMILES string of the molecule is CCCC(C)NCCOc1cccc(N(CC)CC)c1. The molecule has 20 heavy (non-hydrogen) atoms. The third kappa shape index (κ3) is 5.83. The van der Waals surface area contributed by atoms with Crippen molar-refractivity contribution in [2.24, 2.45) is 0 Å². The van der Waals surface area contributed by atoms with E-state index >= 15 is 0 Å². The molecule has 0 aliphatic heterocycles. The van der Waals surface area contributed by atoms with Crippen LogP contribution in [-0.4, -0.2) is 32.3 Å². The molecule has 0 amide bonds. The van der Waals surface area contributed by atoms with Crippen LogP contribution >= 0.6 is 0 Å². The van der Waals surface area contributed by atoms with E-state index in [0.29, 0.717) is 6.04 Å². The van der Waals surface area contributed by atoms with Crippen LogP contribution in [0.25, 0.3) is 0 Å². The van der Waals surface area contributed by atoms with Crippen molar-refractivity contribution in [2.75, 3.05) is 31.1 Å². The molecule has 0 aliphatic carbocycles. The zero-order chi connectivity index (χ0) is 14.8. The maximum atomic E-state index is 5.83. The molecule has 0 saturated carbocycles. The highest BCUT2D eigenvalue weighted by molar-refractivity contribution is 5.50. The van der Waals surface area contributed by atoms with Gasteiger partial charge in [0.05, 0.1) is 0 Å². The fourth-order valence-electron chi connectivity index (χ4n) is 2.37. The van der Waals surface area contributed by atoms with Gasteiger partial charge in [0.1, 0.15) is 12.4 Å². The zero-order valence-electron chi connectivity index (χ0n) is 13.5. The molecule has 0 radical (unpaired) electrons. The first-order valence-electron chi connectivity index (χ1n) is 7.92. The van der Waals surface area contributed by atoms with E-state index in [1.807, 2.05) is 6.07 Å². The summed E-state index contributed by atoms with van der Waals surface area (Å²) in [4.78, 5) is 2.33. The van der Waals surface area contributed by atoms with Gasteiger partial charge in [0.2, 0.25) is 0 Å². The lowest BCUT2D eigenvalue weighted by Gasteiger charge is -2.21. The molecule has 1 aromatic rings. The highest BCUT2D eigenvalue weighted by Gasteiger charge is 2.03. The summed E-state index contributed by atoms with van der Waals surface area (Å²) in [7, 11) is 0. The summed E-state index contributed by atoms with van der Waals surface area (Å²) in [5.74, 6) is 0.958. The molecule has 1 rings (SSSR count). The van der Waals surface area contributed by atoms with Crippen molar-refractivity contribution in [3.63, 3.8) is 0 Å². The molecule has 0 aliphatic rings. The summed E-state index contributed by atoms with van der Waals surface area (Å²) >= 11 is 0. The van der Waals surface area contributed by atoms with Crippen molar-refractivity contribution in [1.82, 2.24) is 5.32 Å². The number of hydrogen-bond donors (Lipinski definition) is 1. The van der Waals surface area contributed by atoms with Gasteiger partial charge in [0.25, 0.3) is 0 Å². The lowest BCUT2D eigenvalue weighted by Crippen LogP contribution is -2.30. The van der Waals surface area contributed by atoms with E-state index in [0.717, 1.165) is 32.0 Å². The molecular formula is C17H30N2O. The molecule has 0 saturated heterocycles. The minimum Gasteiger partial charge on any atom is -0.492 e. The number of nitrogens with zero attached hydrogens (tertiary/aromatic N) is 1. The van der Waals surface area contributed by atoms with Gasteiger partial charge >= 0.3 is 0 Å². The molecule has 3 nitrogen and oxygen atoms in total. The summed E-state index contributed by atoms with van der Waals surface area (Å²) < 4.78 is 5.83. The van der Waals surface area contributed by atoms with E-state index in [4.69, 9.17) is 4.74 Å². The van der Waals surface area contributed by atoms with E-state index in [1.54, 1.807) is 0 Å². The zero-order valence-corrected chi connectivity index (χ0v) is 13.5. The third-order valence-corrected chi connectivity index (χ3v) is 3.53. The molecule has 0 aromatic heterocycles. The lowest BCUT2D eigenvalue weighted by molar-refractivity contribution is 0.305. The van der Waals surface area contributed by atoms with Gasteiger partial charge in [0.15, 0.2) is 0 Å². The summed E-state index contributed by atoms with van der Waals surface area (Å²) in [6.45, 7) is 12.5. The normalized spacial score (nSPS) is 12.2. The highest BCUT2D eigenvalue weighted by atomic mass is 16.5. The summed E-state index contributed by atoms with van der Waals surface area (Å²) in [6, 6.07) is 8.94. The Morgan fingerprint density at radius 3 is 2.60 bits per heavy atom. The predicted molar refractivity (Wildman–Crippen MR) is 87.9 cm³/mol. The molecule has 0 heterocycles. The summed E-state index contributed by atoms with van der Waals surface area (Å²) in [6.07, 6.45) is 2.44. The van der Waals surface area contributed by atoms with Gasteiger partial charge in [-0.3, -0.25) is 0 Å². The van der Waals surface area contributed by atoms with Crippen molar-refractivity contribution in [3.05, 3.63) is 24.3 Å². The van der Waals surface area contributed by atoms with Gasteiger partial charge in [0, 0.05) is 37.4 Å². The van der Waals surface area contributed by atoms with Gasteiger partial charge in [-0.25, -0.2) is 0 Å². The number of anilines is 1. The summed E-state index contributed by atoms with van der Waals surface area (Å²) in [5.41, 5.74) is 1.24. The number of nitrogens with one attached hydrogen (secondary N) is 1. The Morgan fingerprint density at radius 1 is 1.20 bits per heavy atom. The Bertz CT molecular complexity index is 364. The van der Waals surface area contributed by atoms with E-state index in [1.165, 1.54) is 18.5 Å². The third-order valence-electron chi connectivity index (χ3n) is 3.53. The minimum absolute atomic E-state index is 0.575. The first-order chi connectivity index (χ1) is 9.71. The van der Waals surface area contributed by atoms with Crippen LogP contribution in [0.1, 0.15) is 40.5 Å². The Labute approximate surface area is 124 Å². The molecule has 114 valence electrons. The maximum absolute atomic E-state index is 5.83. The number of benzene rings is 1. The molecule has 1 atom stereocenters. The van der Waals surface area contributed by atoms with Gasteiger partial charge in [-0.1, -0.05) is 19.4 Å². The van der Waals surface area contributed by atoms with E-state index in [9.17, 15) is 0 Å². The smallest absolute Gasteiger partial charge is 0.121 e. The van der Waals surface area contributed by atoms with Crippen LogP contribution in [0.2, 0.25) is 0 Å². The molecule has 0 spiro atoms. The van der Waals surface area contributed by atoms with Crippen LogP contribution in [0.15, 0.2) is 24.3 Å². The molecule has 1 N–H and O–H groups in total. The molecule has 1 unspecified atom stereocenters. The topological polar surface area (TPSA) is 24.5 Å². The van der Waals surface area contributed by atoms with Crippen molar-refractivity contribution < 1.29 is 4.74 Å². The second kappa shape index (κ2) is 9.65. The van der Waals surface area contributed by atoms with Gasteiger partial charge in [-0.2, -0.15) is 0 Å². The first-order valence-corrected chi connectivity index (χ1v) is 7.92.